The number of aldehydes is 1. The lowest BCUT2D eigenvalue weighted by Crippen LogP contribution is -2.03. The third-order valence-corrected chi connectivity index (χ3v) is 2.61. The van der Waals surface area contributed by atoms with Crippen LogP contribution in [0.1, 0.15) is 30.9 Å². The van der Waals surface area contributed by atoms with Gasteiger partial charge in [0.15, 0.2) is 0 Å². The Hall–Kier alpha value is -1.18. The molecule has 1 fully saturated rings. The molecule has 1 atom stereocenters. The van der Waals surface area contributed by atoms with E-state index in [-0.39, 0.29) is 0 Å². The van der Waals surface area contributed by atoms with E-state index in [4.69, 9.17) is 0 Å². The second kappa shape index (κ2) is 3.69. The van der Waals surface area contributed by atoms with Gasteiger partial charge >= 0.3 is 0 Å². The van der Waals surface area contributed by atoms with Crippen LogP contribution in [0.25, 0.3) is 0 Å². The molecule has 2 nitrogen and oxygen atoms in total. The third kappa shape index (κ3) is 1.94. The number of nitrogens with zero attached hydrogens (tertiary/aromatic N) is 1. The van der Waals surface area contributed by atoms with Gasteiger partial charge in [0.2, 0.25) is 0 Å². The van der Waals surface area contributed by atoms with Gasteiger partial charge in [0, 0.05) is 24.2 Å². The molecule has 13 heavy (non-hydrogen) atoms. The largest absolute Gasteiger partial charge is 0.303 e. The molecule has 1 heterocycles. The molecule has 1 aliphatic carbocycles. The summed E-state index contributed by atoms with van der Waals surface area (Å²) in [5.41, 5.74) is 1.08. The average Bonchev–Trinajstić information content (AvgIpc) is 2.99. The summed E-state index contributed by atoms with van der Waals surface area (Å²) in [6.07, 6.45) is 5.96. The van der Waals surface area contributed by atoms with E-state index in [2.05, 4.69) is 4.98 Å². The second-order valence-electron chi connectivity index (χ2n) is 3.60. The van der Waals surface area contributed by atoms with E-state index in [1.54, 1.807) is 6.20 Å². The first-order valence-corrected chi connectivity index (χ1v) is 4.76. The van der Waals surface area contributed by atoms with Crippen molar-refractivity contribution < 1.29 is 4.79 Å². The van der Waals surface area contributed by atoms with E-state index in [1.807, 2.05) is 18.2 Å². The summed E-state index contributed by atoms with van der Waals surface area (Å²) in [6, 6.07) is 5.92. The van der Waals surface area contributed by atoms with E-state index in [0.29, 0.717) is 18.3 Å². The summed E-state index contributed by atoms with van der Waals surface area (Å²) >= 11 is 0. The van der Waals surface area contributed by atoms with Gasteiger partial charge in [0.1, 0.15) is 6.29 Å². The van der Waals surface area contributed by atoms with Gasteiger partial charge in [0.25, 0.3) is 0 Å². The zero-order chi connectivity index (χ0) is 9.10. The highest BCUT2D eigenvalue weighted by molar-refractivity contribution is 5.51. The summed E-state index contributed by atoms with van der Waals surface area (Å²) in [6.45, 7) is 0. The monoisotopic (exact) mass is 175 g/mol. The molecular formula is C11H13NO. The summed E-state index contributed by atoms with van der Waals surface area (Å²) in [5, 5.41) is 0. The van der Waals surface area contributed by atoms with Crippen molar-refractivity contribution in [3.8, 4) is 0 Å². The summed E-state index contributed by atoms with van der Waals surface area (Å²) < 4.78 is 0. The number of carbonyl (C=O) groups excluding carboxylic acids is 1. The minimum absolute atomic E-state index is 0.374. The standard InChI is InChI=1S/C11H13NO/c13-8-6-10(9-4-5-9)11-3-1-2-7-12-11/h1-3,7-10H,4-6H2. The third-order valence-electron chi connectivity index (χ3n) is 2.61. The number of hydrogen-bond donors (Lipinski definition) is 0. The Morgan fingerprint density at radius 3 is 2.92 bits per heavy atom. The topological polar surface area (TPSA) is 30.0 Å². The summed E-state index contributed by atoms with van der Waals surface area (Å²) in [4.78, 5) is 14.8. The van der Waals surface area contributed by atoms with Crippen molar-refractivity contribution in [2.24, 2.45) is 5.92 Å². The van der Waals surface area contributed by atoms with Crippen LogP contribution in [0.15, 0.2) is 24.4 Å². The van der Waals surface area contributed by atoms with Crippen LogP contribution in [0.5, 0.6) is 0 Å². The number of rotatable bonds is 4. The first-order valence-electron chi connectivity index (χ1n) is 4.76. The molecular weight excluding hydrogens is 162 g/mol. The van der Waals surface area contributed by atoms with Gasteiger partial charge in [-0.1, -0.05) is 6.07 Å². The molecule has 0 saturated heterocycles. The lowest BCUT2D eigenvalue weighted by molar-refractivity contribution is -0.108. The fourth-order valence-electron chi connectivity index (χ4n) is 1.75. The normalized spacial score (nSPS) is 18.2. The number of aromatic nitrogens is 1. The molecule has 0 aromatic carbocycles. The van der Waals surface area contributed by atoms with E-state index in [0.717, 1.165) is 12.0 Å². The molecule has 0 spiro atoms. The van der Waals surface area contributed by atoms with Crippen LogP contribution in [0.2, 0.25) is 0 Å². The minimum Gasteiger partial charge on any atom is -0.303 e. The summed E-state index contributed by atoms with van der Waals surface area (Å²) in [5.74, 6) is 1.08. The molecule has 0 aliphatic heterocycles. The fourth-order valence-corrected chi connectivity index (χ4v) is 1.75. The molecule has 1 aromatic rings. The van der Waals surface area contributed by atoms with E-state index in [9.17, 15) is 4.79 Å². The Morgan fingerprint density at radius 2 is 2.38 bits per heavy atom. The highest BCUT2D eigenvalue weighted by atomic mass is 16.1. The molecule has 0 radical (unpaired) electrons. The Bertz CT molecular complexity index is 279. The van der Waals surface area contributed by atoms with Crippen molar-refractivity contribution >= 4 is 6.29 Å². The predicted molar refractivity (Wildman–Crippen MR) is 50.4 cm³/mol. The molecule has 2 rings (SSSR count). The van der Waals surface area contributed by atoms with Gasteiger partial charge in [-0.3, -0.25) is 4.98 Å². The predicted octanol–water partition coefficient (Wildman–Crippen LogP) is 2.16. The van der Waals surface area contributed by atoms with Crippen molar-refractivity contribution in [1.82, 2.24) is 4.98 Å². The molecule has 0 bridgehead atoms. The first kappa shape index (κ1) is 8.42. The second-order valence-corrected chi connectivity index (χ2v) is 3.60. The molecule has 0 amide bonds. The molecule has 2 heteroatoms. The highest BCUT2D eigenvalue weighted by Crippen LogP contribution is 2.43. The van der Waals surface area contributed by atoms with Gasteiger partial charge in [0.05, 0.1) is 0 Å². The SMILES string of the molecule is O=CCC(c1ccccn1)C1CC1. The highest BCUT2D eigenvalue weighted by Gasteiger charge is 2.32. The maximum atomic E-state index is 10.5. The van der Waals surface area contributed by atoms with Gasteiger partial charge in [-0.25, -0.2) is 0 Å². The van der Waals surface area contributed by atoms with Crippen molar-refractivity contribution in [3.05, 3.63) is 30.1 Å². The molecule has 1 aliphatic rings. The van der Waals surface area contributed by atoms with Crippen LogP contribution >= 0.6 is 0 Å². The Kier molecular flexibility index (Phi) is 2.39. The first-order chi connectivity index (χ1) is 6.42. The van der Waals surface area contributed by atoms with Crippen LogP contribution in [0.3, 0.4) is 0 Å². The summed E-state index contributed by atoms with van der Waals surface area (Å²) in [7, 11) is 0. The number of pyridine rings is 1. The lowest BCUT2D eigenvalue weighted by Gasteiger charge is -2.11. The van der Waals surface area contributed by atoms with Crippen LogP contribution in [-0.2, 0) is 4.79 Å². The van der Waals surface area contributed by atoms with Crippen LogP contribution in [-0.4, -0.2) is 11.3 Å². The smallest absolute Gasteiger partial charge is 0.120 e. The maximum absolute atomic E-state index is 10.5. The van der Waals surface area contributed by atoms with E-state index < -0.39 is 0 Å². The van der Waals surface area contributed by atoms with Crippen molar-refractivity contribution in [2.45, 2.75) is 25.2 Å². The fraction of sp³-hybridized carbons (Fsp3) is 0.455. The van der Waals surface area contributed by atoms with Crippen molar-refractivity contribution in [1.29, 1.82) is 0 Å². The van der Waals surface area contributed by atoms with Gasteiger partial charge < -0.3 is 4.79 Å². The van der Waals surface area contributed by atoms with Crippen LogP contribution in [0.4, 0.5) is 0 Å². The lowest BCUT2D eigenvalue weighted by atomic mass is 9.96. The number of hydrogen-bond acceptors (Lipinski definition) is 2. The zero-order valence-electron chi connectivity index (χ0n) is 7.52. The van der Waals surface area contributed by atoms with Gasteiger partial charge in [-0.15, -0.1) is 0 Å². The molecule has 0 N–H and O–H groups in total. The minimum atomic E-state index is 0.374. The maximum Gasteiger partial charge on any atom is 0.120 e. The van der Waals surface area contributed by atoms with Crippen LogP contribution < -0.4 is 0 Å². The van der Waals surface area contributed by atoms with Crippen LogP contribution in [0, 0.1) is 5.92 Å². The average molecular weight is 175 g/mol. The molecule has 1 saturated carbocycles. The Balaban J connectivity index is 2.14. The van der Waals surface area contributed by atoms with Crippen molar-refractivity contribution in [2.75, 3.05) is 0 Å². The van der Waals surface area contributed by atoms with Crippen molar-refractivity contribution in [3.63, 3.8) is 0 Å². The zero-order valence-corrected chi connectivity index (χ0v) is 7.52. The Morgan fingerprint density at radius 1 is 1.54 bits per heavy atom. The van der Waals surface area contributed by atoms with Gasteiger partial charge in [-0.05, 0) is 30.9 Å². The molecule has 1 unspecified atom stereocenters. The quantitative estimate of drug-likeness (QED) is 0.656. The van der Waals surface area contributed by atoms with E-state index in [1.165, 1.54) is 12.8 Å². The van der Waals surface area contributed by atoms with E-state index >= 15 is 0 Å². The molecule has 68 valence electrons. The number of carbonyl (C=O) groups is 1. The molecule has 1 aromatic heterocycles. The Labute approximate surface area is 78.0 Å². The van der Waals surface area contributed by atoms with Gasteiger partial charge in [-0.2, -0.15) is 0 Å².